The van der Waals surface area contributed by atoms with Gasteiger partial charge in [0.15, 0.2) is 4.34 Å². The number of anilines is 1. The highest BCUT2D eigenvalue weighted by molar-refractivity contribution is 8.00. The fourth-order valence-electron chi connectivity index (χ4n) is 3.09. The van der Waals surface area contributed by atoms with Gasteiger partial charge in [0.2, 0.25) is 15.2 Å². The first-order valence-electron chi connectivity index (χ1n) is 10.3. The van der Waals surface area contributed by atoms with Crippen LogP contribution in [-0.4, -0.2) is 35.9 Å². The third-order valence-corrected chi connectivity index (χ3v) is 8.77. The maximum atomic E-state index is 12.9. The highest BCUT2D eigenvalue weighted by Crippen LogP contribution is 2.28. The molecule has 0 atom stereocenters. The topological polar surface area (TPSA) is 92.3 Å². The first-order valence-corrected chi connectivity index (χ1v) is 13.6. The third kappa shape index (κ3) is 6.09. The number of hydrogen-bond donors (Lipinski definition) is 1. The largest absolute Gasteiger partial charge is 0.296 e. The van der Waals surface area contributed by atoms with E-state index in [1.807, 2.05) is 60.7 Å². The van der Waals surface area contributed by atoms with Crippen molar-refractivity contribution in [1.29, 1.82) is 0 Å². The quantitative estimate of drug-likeness (QED) is 0.254. The maximum Gasteiger partial charge on any atom is 0.257 e. The number of hydrogen-bond acceptors (Lipinski definition) is 7. The molecule has 0 aliphatic carbocycles. The Morgan fingerprint density at radius 1 is 0.912 bits per heavy atom. The molecule has 7 nitrogen and oxygen atoms in total. The van der Waals surface area contributed by atoms with Crippen LogP contribution in [-0.2, 0) is 22.3 Å². The zero-order valence-corrected chi connectivity index (χ0v) is 20.7. The Kier molecular flexibility index (Phi) is 7.73. The van der Waals surface area contributed by atoms with Crippen molar-refractivity contribution < 1.29 is 13.2 Å². The molecule has 0 fully saturated rings. The second-order valence-corrected chi connectivity index (χ2v) is 11.6. The van der Waals surface area contributed by atoms with Gasteiger partial charge in [0.1, 0.15) is 0 Å². The Morgan fingerprint density at radius 3 is 2.18 bits per heavy atom. The average Bonchev–Trinajstić information content (AvgIpc) is 3.31. The second kappa shape index (κ2) is 10.9. The lowest BCUT2D eigenvalue weighted by Crippen LogP contribution is -2.26. The van der Waals surface area contributed by atoms with E-state index in [0.29, 0.717) is 10.7 Å². The molecule has 4 aromatic rings. The smallest absolute Gasteiger partial charge is 0.257 e. The summed E-state index contributed by atoms with van der Waals surface area (Å²) in [5.41, 5.74) is 2.40. The van der Waals surface area contributed by atoms with Crippen LogP contribution in [0.3, 0.4) is 0 Å². The summed E-state index contributed by atoms with van der Waals surface area (Å²) in [6.45, 7) is 0.257. The van der Waals surface area contributed by atoms with Crippen LogP contribution in [0, 0.1) is 0 Å². The molecule has 0 saturated heterocycles. The molecule has 0 unspecified atom stereocenters. The highest BCUT2D eigenvalue weighted by atomic mass is 32.2. The summed E-state index contributed by atoms with van der Waals surface area (Å²) in [7, 11) is -2.15. The minimum absolute atomic E-state index is 0.123. The number of rotatable bonds is 9. The fraction of sp³-hybridized carbons (Fsp3) is 0.125. The predicted octanol–water partition coefficient (Wildman–Crippen LogP) is 4.90. The summed E-state index contributed by atoms with van der Waals surface area (Å²) in [4.78, 5) is 12.7. The molecule has 10 heteroatoms. The monoisotopic (exact) mass is 510 g/mol. The first-order chi connectivity index (χ1) is 16.4. The number of thioether (sulfide) groups is 1. The molecular weight excluding hydrogens is 488 g/mol. The van der Waals surface area contributed by atoms with Crippen LogP contribution in [0.2, 0.25) is 0 Å². The van der Waals surface area contributed by atoms with Crippen molar-refractivity contribution >= 4 is 44.2 Å². The Labute approximate surface area is 206 Å². The van der Waals surface area contributed by atoms with E-state index in [4.69, 9.17) is 0 Å². The van der Waals surface area contributed by atoms with Gasteiger partial charge in [-0.2, -0.15) is 4.31 Å². The van der Waals surface area contributed by atoms with Gasteiger partial charge in [0, 0.05) is 24.9 Å². The molecule has 0 bridgehead atoms. The summed E-state index contributed by atoms with van der Waals surface area (Å²) in [5.74, 6) is 0.385. The van der Waals surface area contributed by atoms with Crippen molar-refractivity contribution in [3.8, 4) is 0 Å². The van der Waals surface area contributed by atoms with E-state index >= 15 is 0 Å². The lowest BCUT2D eigenvalue weighted by molar-refractivity contribution is 0.102. The van der Waals surface area contributed by atoms with Crippen molar-refractivity contribution in [1.82, 2.24) is 14.5 Å². The predicted molar refractivity (Wildman–Crippen MR) is 135 cm³/mol. The Hall–Kier alpha value is -3.05. The van der Waals surface area contributed by atoms with Crippen LogP contribution >= 0.6 is 23.1 Å². The minimum atomic E-state index is -3.69. The number of aromatic nitrogens is 2. The van der Waals surface area contributed by atoms with Gasteiger partial charge in [-0.05, 0) is 35.4 Å². The molecule has 0 aliphatic rings. The lowest BCUT2D eigenvalue weighted by atomic mass is 10.2. The number of carbonyl (C=O) groups is 1. The van der Waals surface area contributed by atoms with Crippen molar-refractivity contribution in [3.05, 3.63) is 102 Å². The number of sulfonamides is 1. The van der Waals surface area contributed by atoms with Gasteiger partial charge in [-0.3, -0.25) is 10.1 Å². The molecular formula is C24H22N4O3S3. The Bertz CT molecular complexity index is 1340. The summed E-state index contributed by atoms with van der Waals surface area (Å²) < 4.78 is 27.8. The van der Waals surface area contributed by atoms with Crippen LogP contribution in [0.25, 0.3) is 0 Å². The summed E-state index contributed by atoms with van der Waals surface area (Å²) >= 11 is 2.84. The molecule has 0 aliphatic heterocycles. The summed E-state index contributed by atoms with van der Waals surface area (Å²) in [6.07, 6.45) is 0. The molecule has 1 amide bonds. The number of carbonyl (C=O) groups excluding carboxylic acids is 1. The molecule has 1 heterocycles. The van der Waals surface area contributed by atoms with Crippen LogP contribution in [0.5, 0.6) is 0 Å². The number of benzene rings is 3. The molecule has 1 aromatic heterocycles. The van der Waals surface area contributed by atoms with Gasteiger partial charge < -0.3 is 0 Å². The van der Waals surface area contributed by atoms with Gasteiger partial charge >= 0.3 is 0 Å². The van der Waals surface area contributed by atoms with Gasteiger partial charge in [-0.25, -0.2) is 8.42 Å². The Balaban J connectivity index is 1.36. The molecule has 4 rings (SSSR count). The van der Waals surface area contributed by atoms with E-state index in [1.54, 1.807) is 11.8 Å². The third-order valence-electron chi connectivity index (χ3n) is 4.90. The minimum Gasteiger partial charge on any atom is -0.296 e. The summed E-state index contributed by atoms with van der Waals surface area (Å²) in [6, 6.07) is 25.2. The van der Waals surface area contributed by atoms with Gasteiger partial charge in [-0.1, -0.05) is 83.8 Å². The van der Waals surface area contributed by atoms with Crippen molar-refractivity contribution in [3.63, 3.8) is 0 Å². The SMILES string of the molecule is CN(Cc1ccccc1)S(=O)(=O)c1ccc(C(=O)Nc2nnc(SCc3ccccc3)s2)cc1. The Morgan fingerprint density at radius 2 is 1.53 bits per heavy atom. The van der Waals surface area contributed by atoms with Gasteiger partial charge in [0.25, 0.3) is 5.91 Å². The zero-order chi connectivity index (χ0) is 24.0. The van der Waals surface area contributed by atoms with E-state index in [9.17, 15) is 13.2 Å². The lowest BCUT2D eigenvalue weighted by Gasteiger charge is -2.17. The standard InChI is InChI=1S/C24H22N4O3S3/c1-28(16-18-8-4-2-5-9-18)34(30,31)21-14-12-20(13-15-21)22(29)25-23-26-27-24(33-23)32-17-19-10-6-3-7-11-19/h2-15H,16-17H2,1H3,(H,25,26,29). The van der Waals surface area contributed by atoms with Crippen LogP contribution in [0.1, 0.15) is 21.5 Å². The van der Waals surface area contributed by atoms with Gasteiger partial charge in [0.05, 0.1) is 4.90 Å². The number of amides is 1. The van der Waals surface area contributed by atoms with Crippen molar-refractivity contribution in [2.75, 3.05) is 12.4 Å². The zero-order valence-electron chi connectivity index (χ0n) is 18.3. The van der Waals surface area contributed by atoms with E-state index < -0.39 is 10.0 Å². The molecule has 0 spiro atoms. The van der Waals surface area contributed by atoms with E-state index in [1.165, 1.54) is 52.5 Å². The molecule has 174 valence electrons. The van der Waals surface area contributed by atoms with Crippen molar-refractivity contribution in [2.24, 2.45) is 0 Å². The van der Waals surface area contributed by atoms with Crippen molar-refractivity contribution in [2.45, 2.75) is 21.5 Å². The maximum absolute atomic E-state index is 12.9. The second-order valence-electron chi connectivity index (χ2n) is 7.37. The normalized spacial score (nSPS) is 11.5. The van der Waals surface area contributed by atoms with Gasteiger partial charge in [-0.15, -0.1) is 10.2 Å². The van der Waals surface area contributed by atoms with Crippen LogP contribution < -0.4 is 5.32 Å². The molecule has 0 saturated carbocycles. The fourth-order valence-corrected chi connectivity index (χ4v) is 5.95. The molecule has 34 heavy (non-hydrogen) atoms. The summed E-state index contributed by atoms with van der Waals surface area (Å²) in [5, 5.41) is 11.2. The first kappa shape index (κ1) is 24.1. The van der Waals surface area contributed by atoms with Crippen LogP contribution in [0.15, 0.2) is 94.2 Å². The molecule has 3 aromatic carbocycles. The number of nitrogens with one attached hydrogen (secondary N) is 1. The highest BCUT2D eigenvalue weighted by Gasteiger charge is 2.21. The molecule has 1 N–H and O–H groups in total. The number of nitrogens with zero attached hydrogens (tertiary/aromatic N) is 3. The van der Waals surface area contributed by atoms with Crippen LogP contribution in [0.4, 0.5) is 5.13 Å². The average molecular weight is 511 g/mol. The van der Waals surface area contributed by atoms with E-state index in [-0.39, 0.29) is 17.3 Å². The molecule has 0 radical (unpaired) electrons. The van der Waals surface area contributed by atoms with E-state index in [2.05, 4.69) is 15.5 Å². The van der Waals surface area contributed by atoms with E-state index in [0.717, 1.165) is 15.7 Å².